The van der Waals surface area contributed by atoms with Gasteiger partial charge >= 0.3 is 6.09 Å². The summed E-state index contributed by atoms with van der Waals surface area (Å²) in [5.41, 5.74) is 1.59. The van der Waals surface area contributed by atoms with Gasteiger partial charge in [-0.25, -0.2) is 23.1 Å². The second-order valence-corrected chi connectivity index (χ2v) is 11.6. The number of amides is 1. The Balaban J connectivity index is 1.54. The van der Waals surface area contributed by atoms with E-state index in [9.17, 15) is 9.59 Å². The first-order valence-electron chi connectivity index (χ1n) is 12.8. The van der Waals surface area contributed by atoms with Gasteiger partial charge in [-0.3, -0.25) is 4.90 Å². The molecule has 8 nitrogen and oxygen atoms in total. The van der Waals surface area contributed by atoms with E-state index in [0.717, 1.165) is 22.6 Å². The Morgan fingerprint density at radius 1 is 1.16 bits per heavy atom. The largest absolute Gasteiger partial charge is 0.490 e. The molecule has 1 aromatic heterocycles. The molecule has 1 aromatic carbocycles. The van der Waals surface area contributed by atoms with Crippen LogP contribution in [0.4, 0.5) is 13.6 Å². The Labute approximate surface area is 222 Å². The highest BCUT2D eigenvalue weighted by molar-refractivity contribution is 5.69. The summed E-state index contributed by atoms with van der Waals surface area (Å²) in [5.74, 6) is -1.30. The van der Waals surface area contributed by atoms with Crippen molar-refractivity contribution in [3.8, 4) is 5.69 Å². The molecule has 0 saturated carbocycles. The van der Waals surface area contributed by atoms with Crippen LogP contribution >= 0.6 is 0 Å². The molecule has 2 fully saturated rings. The van der Waals surface area contributed by atoms with E-state index < -0.39 is 29.6 Å². The van der Waals surface area contributed by atoms with Crippen molar-refractivity contribution in [1.82, 2.24) is 19.6 Å². The van der Waals surface area contributed by atoms with Crippen molar-refractivity contribution in [2.45, 2.75) is 58.5 Å². The fourth-order valence-electron chi connectivity index (χ4n) is 5.44. The summed E-state index contributed by atoms with van der Waals surface area (Å²) < 4.78 is 43.0. The van der Waals surface area contributed by atoms with Crippen molar-refractivity contribution in [2.24, 2.45) is 5.41 Å². The molecule has 0 N–H and O–H groups in total. The number of rotatable bonds is 7. The van der Waals surface area contributed by atoms with E-state index in [-0.39, 0.29) is 37.7 Å². The molecule has 0 unspecified atom stereocenters. The molecule has 1 spiro atoms. The first-order valence-corrected chi connectivity index (χ1v) is 12.8. The molecular formula is C28H36F2N4O4. The lowest BCUT2D eigenvalue weighted by Crippen LogP contribution is -2.66. The highest BCUT2D eigenvalue weighted by Crippen LogP contribution is 2.50. The summed E-state index contributed by atoms with van der Waals surface area (Å²) in [6.45, 7) is 9.03. The van der Waals surface area contributed by atoms with E-state index in [2.05, 4.69) is 5.10 Å². The number of carbonyl (C=O) groups excluding carboxylic acids is 2. The first kappa shape index (κ1) is 27.8. The summed E-state index contributed by atoms with van der Waals surface area (Å²) in [6.07, 6.45) is -0.350. The second kappa shape index (κ2) is 10.2. The number of hydrogen-bond acceptors (Lipinski definition) is 6. The molecule has 38 heavy (non-hydrogen) atoms. The third-order valence-corrected chi connectivity index (χ3v) is 7.23. The zero-order valence-corrected chi connectivity index (χ0v) is 22.9. The van der Waals surface area contributed by atoms with E-state index in [1.807, 2.05) is 54.8 Å². The van der Waals surface area contributed by atoms with Gasteiger partial charge in [0.25, 0.3) is 5.92 Å². The fourth-order valence-corrected chi connectivity index (χ4v) is 5.44. The molecule has 3 heterocycles. The van der Waals surface area contributed by atoms with Crippen LogP contribution in [-0.4, -0.2) is 83.0 Å². The number of methoxy groups -OCH3 is 1. The van der Waals surface area contributed by atoms with Crippen molar-refractivity contribution in [2.75, 3.05) is 39.8 Å². The third-order valence-electron chi connectivity index (χ3n) is 7.23. The summed E-state index contributed by atoms with van der Waals surface area (Å²) in [7, 11) is 1.40. The molecule has 1 atom stereocenters. The van der Waals surface area contributed by atoms with Crippen molar-refractivity contribution in [3.05, 3.63) is 53.0 Å². The average molecular weight is 531 g/mol. The molecule has 1 amide bonds. The molecule has 0 aliphatic carbocycles. The standard InChI is InChI=1S/C28H36F2N4O4/c1-19-10-20(2)34(31-19)23-9-7-8-21(11-23)22(12-24(14-35)37-6)13-32-15-27(28(29,30)18-32)16-33(17-27)25(36)38-26(3,4)5/h7-11,22H,12-13,15-18H2,1-6H3/t22-/m1/s1. The number of benzene rings is 1. The number of ether oxygens (including phenoxy) is 2. The number of nitrogens with zero attached hydrogens (tertiary/aromatic N) is 4. The predicted molar refractivity (Wildman–Crippen MR) is 138 cm³/mol. The number of alkyl halides is 2. The van der Waals surface area contributed by atoms with Crippen molar-refractivity contribution >= 4 is 12.0 Å². The van der Waals surface area contributed by atoms with Gasteiger partial charge in [0.2, 0.25) is 0 Å². The molecule has 2 saturated heterocycles. The smallest absolute Gasteiger partial charge is 0.410 e. The molecule has 2 aliphatic rings. The monoisotopic (exact) mass is 530 g/mol. The van der Waals surface area contributed by atoms with E-state index in [1.165, 1.54) is 12.0 Å². The van der Waals surface area contributed by atoms with Crippen LogP contribution in [0.15, 0.2) is 36.1 Å². The van der Waals surface area contributed by atoms with Crippen LogP contribution < -0.4 is 0 Å². The van der Waals surface area contributed by atoms with Crippen LogP contribution in [0.3, 0.4) is 0 Å². The van der Waals surface area contributed by atoms with Gasteiger partial charge in [0.15, 0.2) is 11.7 Å². The topological polar surface area (TPSA) is 76.9 Å². The molecule has 0 bridgehead atoms. The van der Waals surface area contributed by atoms with Gasteiger partial charge in [0.05, 0.1) is 30.5 Å². The van der Waals surface area contributed by atoms with Gasteiger partial charge in [0, 0.05) is 44.2 Å². The SMILES string of the molecule is COC(=C=O)C[C@H](CN1CC(F)(F)C2(C1)CN(C(=O)OC(C)(C)C)C2)c1cccc(-n2nc(C)cc2C)c1. The lowest BCUT2D eigenvalue weighted by Gasteiger charge is -2.50. The first-order chi connectivity index (χ1) is 17.8. The number of likely N-dealkylation sites (tertiary alicyclic amines) is 2. The predicted octanol–water partition coefficient (Wildman–Crippen LogP) is 4.51. The quantitative estimate of drug-likeness (QED) is 0.387. The summed E-state index contributed by atoms with van der Waals surface area (Å²) in [6, 6.07) is 9.71. The minimum Gasteiger partial charge on any atom is -0.490 e. The molecule has 4 rings (SSSR count). The molecule has 206 valence electrons. The number of hydrogen-bond donors (Lipinski definition) is 0. The van der Waals surface area contributed by atoms with Crippen LogP contribution in [0.1, 0.15) is 50.1 Å². The normalized spacial score (nSPS) is 19.1. The van der Waals surface area contributed by atoms with Gasteiger partial charge in [-0.2, -0.15) is 5.10 Å². The Kier molecular flexibility index (Phi) is 7.43. The molecule has 2 aromatic rings. The van der Waals surface area contributed by atoms with Gasteiger partial charge in [-0.05, 0) is 58.4 Å². The number of carbonyl (C=O) groups is 1. The Morgan fingerprint density at radius 3 is 2.45 bits per heavy atom. The Hall–Kier alpha value is -3.23. The van der Waals surface area contributed by atoms with Crippen LogP contribution in [-0.2, 0) is 14.3 Å². The second-order valence-electron chi connectivity index (χ2n) is 11.6. The summed E-state index contributed by atoms with van der Waals surface area (Å²) in [5, 5.41) is 4.55. The molecule has 2 aliphatic heterocycles. The summed E-state index contributed by atoms with van der Waals surface area (Å²) in [4.78, 5) is 26.9. The van der Waals surface area contributed by atoms with Crippen LogP contribution in [0.25, 0.3) is 5.69 Å². The maximum atomic E-state index is 15.3. The molecular weight excluding hydrogens is 494 g/mol. The summed E-state index contributed by atoms with van der Waals surface area (Å²) >= 11 is 0. The lowest BCUT2D eigenvalue weighted by molar-refractivity contribution is -0.151. The van der Waals surface area contributed by atoms with Crippen molar-refractivity contribution < 1.29 is 27.8 Å². The van der Waals surface area contributed by atoms with Crippen molar-refractivity contribution in [1.29, 1.82) is 0 Å². The highest BCUT2D eigenvalue weighted by Gasteiger charge is 2.66. The Bertz CT molecular complexity index is 1240. The van der Waals surface area contributed by atoms with Gasteiger partial charge in [-0.15, -0.1) is 0 Å². The van der Waals surface area contributed by atoms with E-state index >= 15 is 8.78 Å². The van der Waals surface area contributed by atoms with E-state index in [1.54, 1.807) is 25.7 Å². The van der Waals surface area contributed by atoms with Gasteiger partial charge in [-0.1, -0.05) is 12.1 Å². The van der Waals surface area contributed by atoms with Crippen molar-refractivity contribution in [3.63, 3.8) is 0 Å². The maximum Gasteiger partial charge on any atom is 0.410 e. The number of aromatic nitrogens is 2. The maximum absolute atomic E-state index is 15.3. The Morgan fingerprint density at radius 2 is 1.87 bits per heavy atom. The van der Waals surface area contributed by atoms with Crippen LogP contribution in [0.2, 0.25) is 0 Å². The van der Waals surface area contributed by atoms with E-state index in [0.29, 0.717) is 6.54 Å². The van der Waals surface area contributed by atoms with Gasteiger partial charge in [0.1, 0.15) is 5.60 Å². The van der Waals surface area contributed by atoms with E-state index in [4.69, 9.17) is 9.47 Å². The zero-order chi connectivity index (χ0) is 27.9. The van der Waals surface area contributed by atoms with Gasteiger partial charge < -0.3 is 14.4 Å². The number of allylic oxidation sites excluding steroid dienone is 1. The van der Waals surface area contributed by atoms with Crippen LogP contribution in [0.5, 0.6) is 0 Å². The van der Waals surface area contributed by atoms with Crippen LogP contribution in [0, 0.1) is 19.3 Å². The highest BCUT2D eigenvalue weighted by atomic mass is 19.3. The zero-order valence-electron chi connectivity index (χ0n) is 22.9. The number of aryl methyl sites for hydroxylation is 2. The molecule has 10 heteroatoms. The average Bonchev–Trinajstić information content (AvgIpc) is 3.28. The third kappa shape index (κ3) is 5.61. The minimum absolute atomic E-state index is 0.0545. The number of halogens is 2. The minimum atomic E-state index is -2.97. The molecule has 0 radical (unpaired) electrons. The lowest BCUT2D eigenvalue weighted by atomic mass is 9.76. The fraction of sp³-hybridized carbons (Fsp3) is 0.571.